The van der Waals surface area contributed by atoms with Crippen molar-refractivity contribution < 1.29 is 9.18 Å². The van der Waals surface area contributed by atoms with Crippen LogP contribution < -0.4 is 4.90 Å². The number of aromatic nitrogens is 2. The molecular weight excluding hydrogens is 415 g/mol. The van der Waals surface area contributed by atoms with Crippen LogP contribution in [0.25, 0.3) is 10.9 Å². The van der Waals surface area contributed by atoms with Crippen LogP contribution in [0.1, 0.15) is 17.5 Å². The van der Waals surface area contributed by atoms with Gasteiger partial charge in [-0.3, -0.25) is 4.79 Å². The first-order valence-corrected chi connectivity index (χ1v) is 11.4. The van der Waals surface area contributed by atoms with Gasteiger partial charge in [-0.25, -0.2) is 9.37 Å². The number of para-hydroxylation sites is 1. The standard InChI is InChI=1S/C27H27FN4O/c28-24-9-3-1-7-22(24)20-32-19-21(23-8-2-4-10-25(23)32)12-13-27(33)31-17-15-30(16-18-31)26-11-5-6-14-29-26/h1-11,14,19H,12-13,15-18,20H2. The number of carbonyl (C=O) groups is 1. The normalized spacial score (nSPS) is 14.1. The van der Waals surface area contributed by atoms with Gasteiger partial charge in [-0.1, -0.05) is 42.5 Å². The minimum Gasteiger partial charge on any atom is -0.353 e. The molecule has 1 saturated heterocycles. The predicted molar refractivity (Wildman–Crippen MR) is 129 cm³/mol. The van der Waals surface area contributed by atoms with Crippen LogP contribution in [0.2, 0.25) is 0 Å². The second-order valence-electron chi connectivity index (χ2n) is 8.45. The largest absolute Gasteiger partial charge is 0.353 e. The van der Waals surface area contributed by atoms with Crippen LogP contribution >= 0.6 is 0 Å². The molecule has 2 aromatic carbocycles. The number of halogens is 1. The fraction of sp³-hybridized carbons (Fsp3) is 0.259. The quantitative estimate of drug-likeness (QED) is 0.441. The third kappa shape index (κ3) is 4.60. The van der Waals surface area contributed by atoms with Gasteiger partial charge in [0.25, 0.3) is 0 Å². The van der Waals surface area contributed by atoms with Crippen LogP contribution in [0.15, 0.2) is 79.1 Å². The molecule has 0 aliphatic carbocycles. The van der Waals surface area contributed by atoms with E-state index in [4.69, 9.17) is 0 Å². The molecule has 0 saturated carbocycles. The van der Waals surface area contributed by atoms with Gasteiger partial charge >= 0.3 is 0 Å². The molecule has 33 heavy (non-hydrogen) atoms. The molecule has 1 aliphatic rings. The number of pyridine rings is 1. The molecule has 2 aromatic heterocycles. The molecule has 4 aromatic rings. The van der Waals surface area contributed by atoms with E-state index >= 15 is 0 Å². The Balaban J connectivity index is 1.24. The highest BCUT2D eigenvalue weighted by molar-refractivity contribution is 5.85. The number of carbonyl (C=O) groups excluding carboxylic acids is 1. The Labute approximate surface area is 193 Å². The number of fused-ring (bicyclic) bond motifs is 1. The molecule has 0 spiro atoms. The van der Waals surface area contributed by atoms with Crippen molar-refractivity contribution in [3.8, 4) is 0 Å². The van der Waals surface area contributed by atoms with Gasteiger partial charge in [-0.05, 0) is 36.2 Å². The van der Waals surface area contributed by atoms with Crippen molar-refractivity contribution in [1.29, 1.82) is 0 Å². The van der Waals surface area contributed by atoms with Crippen LogP contribution in [0.4, 0.5) is 10.2 Å². The second kappa shape index (κ2) is 9.45. The summed E-state index contributed by atoms with van der Waals surface area (Å²) in [6.07, 6.45) is 5.01. The summed E-state index contributed by atoms with van der Waals surface area (Å²) in [7, 11) is 0. The third-order valence-corrected chi connectivity index (χ3v) is 6.38. The monoisotopic (exact) mass is 442 g/mol. The molecule has 0 bridgehead atoms. The van der Waals surface area contributed by atoms with Crippen LogP contribution in [-0.4, -0.2) is 46.5 Å². The first-order chi connectivity index (χ1) is 16.2. The summed E-state index contributed by atoms with van der Waals surface area (Å²) in [5, 5.41) is 1.13. The van der Waals surface area contributed by atoms with Gasteiger partial charge in [0, 0.05) is 61.5 Å². The van der Waals surface area contributed by atoms with Crippen molar-refractivity contribution in [2.24, 2.45) is 0 Å². The lowest BCUT2D eigenvalue weighted by Gasteiger charge is -2.35. The fourth-order valence-electron chi connectivity index (χ4n) is 4.59. The van der Waals surface area contributed by atoms with E-state index in [0.29, 0.717) is 38.0 Å². The SMILES string of the molecule is O=C(CCc1cn(Cc2ccccc2F)c2ccccc12)N1CCN(c2ccccn2)CC1. The van der Waals surface area contributed by atoms with Crippen LogP contribution in [0.3, 0.4) is 0 Å². The lowest BCUT2D eigenvalue weighted by molar-refractivity contribution is -0.131. The van der Waals surface area contributed by atoms with Crippen molar-refractivity contribution in [2.75, 3.05) is 31.1 Å². The summed E-state index contributed by atoms with van der Waals surface area (Å²) in [6.45, 7) is 3.49. The van der Waals surface area contributed by atoms with Crippen LogP contribution in [0, 0.1) is 5.82 Å². The average Bonchev–Trinajstić information content (AvgIpc) is 3.22. The maximum absolute atomic E-state index is 14.2. The number of nitrogens with zero attached hydrogens (tertiary/aromatic N) is 4. The first kappa shape index (κ1) is 21.2. The van der Waals surface area contributed by atoms with E-state index < -0.39 is 0 Å². The number of anilines is 1. The molecule has 6 heteroatoms. The summed E-state index contributed by atoms with van der Waals surface area (Å²) in [4.78, 5) is 21.5. The number of aryl methyl sites for hydroxylation is 1. The lowest BCUT2D eigenvalue weighted by atomic mass is 10.1. The molecule has 1 amide bonds. The zero-order valence-electron chi connectivity index (χ0n) is 18.5. The summed E-state index contributed by atoms with van der Waals surface area (Å²) in [5.74, 6) is 0.950. The fourth-order valence-corrected chi connectivity index (χ4v) is 4.59. The smallest absolute Gasteiger partial charge is 0.223 e. The molecule has 0 N–H and O–H groups in total. The van der Waals surface area contributed by atoms with E-state index in [-0.39, 0.29) is 11.7 Å². The van der Waals surface area contributed by atoms with E-state index in [1.165, 1.54) is 6.07 Å². The van der Waals surface area contributed by atoms with E-state index in [2.05, 4.69) is 32.8 Å². The van der Waals surface area contributed by atoms with Crippen molar-refractivity contribution in [1.82, 2.24) is 14.5 Å². The first-order valence-electron chi connectivity index (χ1n) is 11.4. The van der Waals surface area contributed by atoms with Gasteiger partial charge < -0.3 is 14.4 Å². The summed E-state index contributed by atoms with van der Waals surface area (Å²) >= 11 is 0. The Morgan fingerprint density at radius 3 is 2.42 bits per heavy atom. The Morgan fingerprint density at radius 2 is 1.64 bits per heavy atom. The summed E-state index contributed by atoms with van der Waals surface area (Å²) in [6, 6.07) is 20.9. The molecule has 168 valence electrons. The highest BCUT2D eigenvalue weighted by Crippen LogP contribution is 2.24. The summed E-state index contributed by atoms with van der Waals surface area (Å²) < 4.78 is 16.3. The number of hydrogen-bond donors (Lipinski definition) is 0. The van der Waals surface area contributed by atoms with Crippen LogP contribution in [-0.2, 0) is 17.8 Å². The molecule has 0 radical (unpaired) electrons. The molecule has 3 heterocycles. The van der Waals surface area contributed by atoms with Gasteiger partial charge in [-0.2, -0.15) is 0 Å². The maximum atomic E-state index is 14.2. The lowest BCUT2D eigenvalue weighted by Crippen LogP contribution is -2.49. The van der Waals surface area contributed by atoms with Crippen molar-refractivity contribution in [3.63, 3.8) is 0 Å². The highest BCUT2D eigenvalue weighted by Gasteiger charge is 2.22. The Hall–Kier alpha value is -3.67. The Bertz CT molecular complexity index is 1250. The van der Waals surface area contributed by atoms with Gasteiger partial charge in [0.1, 0.15) is 11.6 Å². The molecule has 1 fully saturated rings. The molecule has 1 aliphatic heterocycles. The molecule has 0 atom stereocenters. The highest BCUT2D eigenvalue weighted by atomic mass is 19.1. The number of rotatable bonds is 6. The third-order valence-electron chi connectivity index (χ3n) is 6.38. The molecule has 0 unspecified atom stereocenters. The van der Waals surface area contributed by atoms with Crippen LogP contribution in [0.5, 0.6) is 0 Å². The number of benzene rings is 2. The van der Waals surface area contributed by atoms with Crippen molar-refractivity contribution >= 4 is 22.6 Å². The van der Waals surface area contributed by atoms with Gasteiger partial charge in [-0.15, -0.1) is 0 Å². The number of hydrogen-bond acceptors (Lipinski definition) is 3. The minimum atomic E-state index is -0.197. The van der Waals surface area contributed by atoms with Gasteiger partial charge in [0.15, 0.2) is 0 Å². The van der Waals surface area contributed by atoms with Crippen molar-refractivity contribution in [2.45, 2.75) is 19.4 Å². The van der Waals surface area contributed by atoms with Gasteiger partial charge in [0.2, 0.25) is 5.91 Å². The zero-order chi connectivity index (χ0) is 22.6. The molecule has 5 nitrogen and oxygen atoms in total. The Morgan fingerprint density at radius 1 is 0.879 bits per heavy atom. The van der Waals surface area contributed by atoms with E-state index in [0.717, 1.165) is 35.4 Å². The van der Waals surface area contributed by atoms with Crippen molar-refractivity contribution in [3.05, 3.63) is 96.1 Å². The van der Waals surface area contributed by atoms with E-state index in [1.807, 2.05) is 47.4 Å². The zero-order valence-corrected chi connectivity index (χ0v) is 18.5. The molecular formula is C27H27FN4O. The van der Waals surface area contributed by atoms with E-state index in [9.17, 15) is 9.18 Å². The predicted octanol–water partition coefficient (Wildman–Crippen LogP) is 4.51. The summed E-state index contributed by atoms with van der Waals surface area (Å²) in [5.41, 5.74) is 2.85. The Kier molecular flexibility index (Phi) is 6.07. The number of amides is 1. The second-order valence-corrected chi connectivity index (χ2v) is 8.45. The topological polar surface area (TPSA) is 41.4 Å². The molecule has 5 rings (SSSR count). The van der Waals surface area contributed by atoms with E-state index in [1.54, 1.807) is 12.3 Å². The number of piperazine rings is 1. The van der Waals surface area contributed by atoms with Gasteiger partial charge in [0.05, 0.1) is 6.54 Å². The maximum Gasteiger partial charge on any atom is 0.223 e. The average molecular weight is 443 g/mol. The minimum absolute atomic E-state index is 0.182.